The number of carbonyl (C=O) groups is 1. The van der Waals surface area contributed by atoms with E-state index in [1.165, 1.54) is 5.56 Å². The third-order valence-corrected chi connectivity index (χ3v) is 4.22. The molecule has 1 aromatic rings. The molecule has 1 saturated heterocycles. The number of carbonyl (C=O) groups excluding carboxylic acids is 1. The third kappa shape index (κ3) is 2.75. The van der Waals surface area contributed by atoms with Crippen molar-refractivity contribution in [1.82, 2.24) is 5.32 Å². The second-order valence-corrected chi connectivity index (χ2v) is 5.97. The number of halogens is 1. The molecule has 0 spiro atoms. The summed E-state index contributed by atoms with van der Waals surface area (Å²) >= 11 is 3.53. The number of anilines is 1. The Morgan fingerprint density at radius 1 is 1.39 bits per heavy atom. The van der Waals surface area contributed by atoms with Crippen molar-refractivity contribution in [3.63, 3.8) is 0 Å². The largest absolute Gasteiger partial charge is 0.311 e. The lowest BCUT2D eigenvalue weighted by Crippen LogP contribution is -2.41. The number of nitrogens with one attached hydrogen (secondary N) is 1. The summed E-state index contributed by atoms with van der Waals surface area (Å²) < 4.78 is 1.05. The average molecular weight is 311 g/mol. The van der Waals surface area contributed by atoms with Crippen LogP contribution < -0.4 is 10.2 Å². The standard InChI is InChI=1S/C14H19BrN2O/c1-9-7-16-11(3)14(18)17(8-9)12-5-4-10(2)13(15)6-12/h4-6,9,11,16H,7-8H2,1-3H3. The molecule has 0 radical (unpaired) electrons. The van der Waals surface area contributed by atoms with Gasteiger partial charge in [-0.3, -0.25) is 4.79 Å². The first kappa shape index (κ1) is 13.6. The Morgan fingerprint density at radius 2 is 2.11 bits per heavy atom. The Bertz CT molecular complexity index is 461. The molecule has 0 bridgehead atoms. The van der Waals surface area contributed by atoms with E-state index in [1.54, 1.807) is 0 Å². The van der Waals surface area contributed by atoms with Gasteiger partial charge in [0.25, 0.3) is 0 Å². The molecular formula is C14H19BrN2O. The van der Waals surface area contributed by atoms with Crippen molar-refractivity contribution in [1.29, 1.82) is 0 Å². The topological polar surface area (TPSA) is 32.3 Å². The maximum Gasteiger partial charge on any atom is 0.243 e. The zero-order chi connectivity index (χ0) is 13.3. The summed E-state index contributed by atoms with van der Waals surface area (Å²) in [5.74, 6) is 0.606. The summed E-state index contributed by atoms with van der Waals surface area (Å²) in [7, 11) is 0. The van der Waals surface area contributed by atoms with Crippen molar-refractivity contribution in [3.8, 4) is 0 Å². The van der Waals surface area contributed by atoms with Crippen LogP contribution in [0.1, 0.15) is 19.4 Å². The second-order valence-electron chi connectivity index (χ2n) is 5.12. The summed E-state index contributed by atoms with van der Waals surface area (Å²) in [6, 6.07) is 5.97. The van der Waals surface area contributed by atoms with Crippen molar-refractivity contribution in [2.24, 2.45) is 5.92 Å². The lowest BCUT2D eigenvalue weighted by atomic mass is 10.1. The highest BCUT2D eigenvalue weighted by Gasteiger charge is 2.27. The molecule has 1 heterocycles. The fourth-order valence-corrected chi connectivity index (χ4v) is 2.51. The quantitative estimate of drug-likeness (QED) is 0.865. The fraction of sp³-hybridized carbons (Fsp3) is 0.500. The van der Waals surface area contributed by atoms with Crippen molar-refractivity contribution in [2.75, 3.05) is 18.0 Å². The molecule has 1 aromatic carbocycles. The maximum atomic E-state index is 12.3. The van der Waals surface area contributed by atoms with E-state index >= 15 is 0 Å². The molecule has 18 heavy (non-hydrogen) atoms. The Morgan fingerprint density at radius 3 is 2.78 bits per heavy atom. The Hall–Kier alpha value is -0.870. The predicted molar refractivity (Wildman–Crippen MR) is 77.9 cm³/mol. The first-order valence-corrected chi connectivity index (χ1v) is 7.09. The van der Waals surface area contributed by atoms with Gasteiger partial charge in [-0.1, -0.05) is 28.9 Å². The van der Waals surface area contributed by atoms with Crippen LogP contribution in [-0.2, 0) is 4.79 Å². The zero-order valence-electron chi connectivity index (χ0n) is 11.0. The monoisotopic (exact) mass is 310 g/mol. The predicted octanol–water partition coefficient (Wildman–Crippen LogP) is 2.72. The van der Waals surface area contributed by atoms with Crippen LogP contribution in [0.2, 0.25) is 0 Å². The van der Waals surface area contributed by atoms with E-state index in [4.69, 9.17) is 0 Å². The highest BCUT2D eigenvalue weighted by atomic mass is 79.9. The minimum atomic E-state index is -0.116. The van der Waals surface area contributed by atoms with Gasteiger partial charge in [-0.25, -0.2) is 0 Å². The van der Waals surface area contributed by atoms with Crippen LogP contribution in [0.15, 0.2) is 22.7 Å². The normalized spacial score (nSPS) is 25.1. The van der Waals surface area contributed by atoms with Crippen LogP contribution in [0.25, 0.3) is 0 Å². The van der Waals surface area contributed by atoms with Gasteiger partial charge in [0.2, 0.25) is 5.91 Å². The van der Waals surface area contributed by atoms with E-state index in [2.05, 4.69) is 28.2 Å². The SMILES string of the molecule is Cc1ccc(N2CC(C)CNC(C)C2=O)cc1Br. The molecule has 1 amide bonds. The van der Waals surface area contributed by atoms with Gasteiger partial charge < -0.3 is 10.2 Å². The van der Waals surface area contributed by atoms with Gasteiger partial charge in [0.1, 0.15) is 0 Å². The molecule has 2 unspecified atom stereocenters. The fourth-order valence-electron chi connectivity index (χ4n) is 2.15. The van der Waals surface area contributed by atoms with Gasteiger partial charge in [-0.15, -0.1) is 0 Å². The summed E-state index contributed by atoms with van der Waals surface area (Å²) in [4.78, 5) is 14.2. The van der Waals surface area contributed by atoms with E-state index < -0.39 is 0 Å². The van der Waals surface area contributed by atoms with Crippen LogP contribution in [0.5, 0.6) is 0 Å². The van der Waals surface area contributed by atoms with Crippen LogP contribution >= 0.6 is 15.9 Å². The van der Waals surface area contributed by atoms with Gasteiger partial charge >= 0.3 is 0 Å². The molecule has 1 aliphatic rings. The van der Waals surface area contributed by atoms with Crippen molar-refractivity contribution in [2.45, 2.75) is 26.8 Å². The lowest BCUT2D eigenvalue weighted by molar-refractivity contribution is -0.119. The number of hydrogen-bond donors (Lipinski definition) is 1. The van der Waals surface area contributed by atoms with Crippen LogP contribution in [0, 0.1) is 12.8 Å². The molecule has 2 rings (SSSR count). The van der Waals surface area contributed by atoms with Crippen LogP contribution in [-0.4, -0.2) is 25.0 Å². The molecule has 0 saturated carbocycles. The van der Waals surface area contributed by atoms with Gasteiger partial charge in [0.05, 0.1) is 6.04 Å². The molecule has 1 N–H and O–H groups in total. The molecule has 3 nitrogen and oxygen atoms in total. The average Bonchev–Trinajstić information content (AvgIpc) is 2.46. The Kier molecular flexibility index (Phi) is 4.07. The van der Waals surface area contributed by atoms with Gasteiger partial charge in [-0.05, 0) is 37.5 Å². The summed E-state index contributed by atoms with van der Waals surface area (Å²) in [6.45, 7) is 7.79. The molecule has 98 valence electrons. The van der Waals surface area contributed by atoms with Gasteiger partial charge in [0, 0.05) is 23.2 Å². The smallest absolute Gasteiger partial charge is 0.243 e. The van der Waals surface area contributed by atoms with Crippen molar-refractivity contribution in [3.05, 3.63) is 28.2 Å². The first-order chi connectivity index (χ1) is 8.49. The van der Waals surface area contributed by atoms with E-state index in [-0.39, 0.29) is 11.9 Å². The van der Waals surface area contributed by atoms with Gasteiger partial charge in [-0.2, -0.15) is 0 Å². The maximum absolute atomic E-state index is 12.3. The van der Waals surface area contributed by atoms with Crippen molar-refractivity contribution < 1.29 is 4.79 Å². The summed E-state index contributed by atoms with van der Waals surface area (Å²) in [5, 5.41) is 3.27. The van der Waals surface area contributed by atoms with Crippen molar-refractivity contribution >= 4 is 27.5 Å². The number of aryl methyl sites for hydroxylation is 1. The molecule has 2 atom stereocenters. The molecular weight excluding hydrogens is 292 g/mol. The van der Waals surface area contributed by atoms with E-state index in [0.29, 0.717) is 5.92 Å². The highest BCUT2D eigenvalue weighted by Crippen LogP contribution is 2.25. The molecule has 4 heteroatoms. The van der Waals surface area contributed by atoms with Crippen LogP contribution in [0.3, 0.4) is 0 Å². The minimum Gasteiger partial charge on any atom is -0.311 e. The first-order valence-electron chi connectivity index (χ1n) is 6.30. The number of rotatable bonds is 1. The molecule has 0 aromatic heterocycles. The highest BCUT2D eigenvalue weighted by molar-refractivity contribution is 9.10. The third-order valence-electron chi connectivity index (χ3n) is 3.37. The second kappa shape index (κ2) is 5.41. The van der Waals surface area contributed by atoms with E-state index in [9.17, 15) is 4.79 Å². The molecule has 1 aliphatic heterocycles. The summed E-state index contributed by atoms with van der Waals surface area (Å²) in [6.07, 6.45) is 0. The number of amides is 1. The van der Waals surface area contributed by atoms with E-state index in [1.807, 2.05) is 36.9 Å². The van der Waals surface area contributed by atoms with Gasteiger partial charge in [0.15, 0.2) is 0 Å². The van der Waals surface area contributed by atoms with Crippen LogP contribution in [0.4, 0.5) is 5.69 Å². The number of nitrogens with zero attached hydrogens (tertiary/aromatic N) is 1. The Labute approximate surface area is 117 Å². The zero-order valence-corrected chi connectivity index (χ0v) is 12.6. The summed E-state index contributed by atoms with van der Waals surface area (Å²) in [5.41, 5.74) is 2.15. The minimum absolute atomic E-state index is 0.116. The molecule has 0 aliphatic carbocycles. The lowest BCUT2D eigenvalue weighted by Gasteiger charge is -2.24. The van der Waals surface area contributed by atoms with E-state index in [0.717, 1.165) is 23.2 Å². The number of benzene rings is 1. The molecule has 1 fully saturated rings. The Balaban J connectivity index is 2.33. The number of hydrogen-bond acceptors (Lipinski definition) is 2.